The first-order chi connectivity index (χ1) is 6.86. The minimum Gasteiger partial charge on any atom is -0.374 e. The molecular formula is C12H20O2. The average molecular weight is 196 g/mol. The van der Waals surface area contributed by atoms with Gasteiger partial charge in [-0.25, -0.2) is 0 Å². The number of hydrogen-bond donors (Lipinski definition) is 0. The third-order valence-electron chi connectivity index (χ3n) is 2.48. The Bertz CT molecular complexity index is 159. The van der Waals surface area contributed by atoms with Crippen LogP contribution < -0.4 is 0 Å². The molecule has 0 aliphatic heterocycles. The van der Waals surface area contributed by atoms with Gasteiger partial charge in [0.05, 0.1) is 25.4 Å². The molecule has 2 atom stereocenters. The van der Waals surface area contributed by atoms with Gasteiger partial charge in [0, 0.05) is 0 Å². The van der Waals surface area contributed by atoms with E-state index in [1.165, 1.54) is 6.42 Å². The lowest BCUT2D eigenvalue weighted by atomic mass is 9.95. The van der Waals surface area contributed by atoms with Crippen molar-refractivity contribution < 1.29 is 9.47 Å². The van der Waals surface area contributed by atoms with E-state index in [0.717, 1.165) is 19.3 Å². The van der Waals surface area contributed by atoms with Crippen LogP contribution in [0.1, 0.15) is 25.7 Å². The summed E-state index contributed by atoms with van der Waals surface area (Å²) in [6.07, 6.45) is 8.84. The molecule has 0 bridgehead atoms. The van der Waals surface area contributed by atoms with E-state index in [1.54, 1.807) is 12.2 Å². The average Bonchev–Trinajstić information content (AvgIpc) is 2.24. The van der Waals surface area contributed by atoms with Crippen LogP contribution in [0, 0.1) is 0 Å². The van der Waals surface area contributed by atoms with Gasteiger partial charge in [-0.15, -0.1) is 13.2 Å². The van der Waals surface area contributed by atoms with E-state index in [1.807, 2.05) is 0 Å². The monoisotopic (exact) mass is 196 g/mol. The van der Waals surface area contributed by atoms with Crippen LogP contribution in [0.3, 0.4) is 0 Å². The van der Waals surface area contributed by atoms with Crippen LogP contribution in [0.15, 0.2) is 25.3 Å². The van der Waals surface area contributed by atoms with E-state index in [4.69, 9.17) is 9.47 Å². The Morgan fingerprint density at radius 1 is 1.00 bits per heavy atom. The lowest BCUT2D eigenvalue weighted by Gasteiger charge is -2.28. The summed E-state index contributed by atoms with van der Waals surface area (Å²) in [5.41, 5.74) is 0. The molecule has 0 radical (unpaired) electrons. The molecule has 1 saturated carbocycles. The Morgan fingerprint density at radius 2 is 1.50 bits per heavy atom. The zero-order valence-corrected chi connectivity index (χ0v) is 8.78. The van der Waals surface area contributed by atoms with Crippen molar-refractivity contribution in [2.24, 2.45) is 0 Å². The fraction of sp³-hybridized carbons (Fsp3) is 0.667. The molecule has 1 rings (SSSR count). The smallest absolute Gasteiger partial charge is 0.0648 e. The van der Waals surface area contributed by atoms with Crippen LogP contribution in [0.5, 0.6) is 0 Å². The van der Waals surface area contributed by atoms with Gasteiger partial charge in [-0.3, -0.25) is 0 Å². The quantitative estimate of drug-likeness (QED) is 0.608. The zero-order chi connectivity index (χ0) is 10.2. The lowest BCUT2D eigenvalue weighted by molar-refractivity contribution is -0.0299. The van der Waals surface area contributed by atoms with E-state index in [0.29, 0.717) is 25.4 Å². The van der Waals surface area contributed by atoms with Crippen LogP contribution in [0.2, 0.25) is 0 Å². The van der Waals surface area contributed by atoms with Crippen LogP contribution in [-0.4, -0.2) is 25.4 Å². The minimum atomic E-state index is 0.358. The maximum atomic E-state index is 5.62. The van der Waals surface area contributed by atoms with E-state index in [2.05, 4.69) is 13.2 Å². The van der Waals surface area contributed by atoms with Crippen LogP contribution in [-0.2, 0) is 9.47 Å². The zero-order valence-electron chi connectivity index (χ0n) is 8.78. The van der Waals surface area contributed by atoms with Gasteiger partial charge in [-0.05, 0) is 25.7 Å². The van der Waals surface area contributed by atoms with Gasteiger partial charge >= 0.3 is 0 Å². The largest absolute Gasteiger partial charge is 0.374 e. The highest BCUT2D eigenvalue weighted by molar-refractivity contribution is 4.77. The van der Waals surface area contributed by atoms with Crippen LogP contribution >= 0.6 is 0 Å². The lowest BCUT2D eigenvalue weighted by Crippen LogP contribution is -2.28. The molecule has 1 fully saturated rings. The van der Waals surface area contributed by atoms with Crippen molar-refractivity contribution in [1.82, 2.24) is 0 Å². The number of rotatable bonds is 6. The molecule has 0 amide bonds. The highest BCUT2D eigenvalue weighted by Crippen LogP contribution is 2.23. The molecule has 80 valence electrons. The topological polar surface area (TPSA) is 18.5 Å². The van der Waals surface area contributed by atoms with E-state index >= 15 is 0 Å². The van der Waals surface area contributed by atoms with Gasteiger partial charge in [-0.1, -0.05) is 12.2 Å². The van der Waals surface area contributed by atoms with Crippen LogP contribution in [0.4, 0.5) is 0 Å². The van der Waals surface area contributed by atoms with Gasteiger partial charge in [0.15, 0.2) is 0 Å². The summed E-state index contributed by atoms with van der Waals surface area (Å²) in [5.74, 6) is 0. The Hall–Kier alpha value is -0.600. The van der Waals surface area contributed by atoms with Gasteiger partial charge in [0.25, 0.3) is 0 Å². The Morgan fingerprint density at radius 3 is 1.93 bits per heavy atom. The highest BCUT2D eigenvalue weighted by atomic mass is 16.5. The molecule has 1 aliphatic rings. The summed E-state index contributed by atoms with van der Waals surface area (Å²) >= 11 is 0. The molecule has 0 aromatic heterocycles. The van der Waals surface area contributed by atoms with Crippen molar-refractivity contribution in [3.8, 4) is 0 Å². The maximum absolute atomic E-state index is 5.62. The SMILES string of the molecule is C=CCOC1CCCC(OCC=C)C1. The van der Waals surface area contributed by atoms with E-state index in [9.17, 15) is 0 Å². The molecule has 14 heavy (non-hydrogen) atoms. The molecule has 2 nitrogen and oxygen atoms in total. The Kier molecular flexibility index (Phi) is 5.57. The van der Waals surface area contributed by atoms with E-state index in [-0.39, 0.29) is 0 Å². The summed E-state index contributed by atoms with van der Waals surface area (Å²) in [5, 5.41) is 0. The second-order valence-electron chi connectivity index (χ2n) is 3.65. The molecule has 1 aliphatic carbocycles. The Balaban J connectivity index is 2.20. The minimum absolute atomic E-state index is 0.358. The molecule has 0 spiro atoms. The van der Waals surface area contributed by atoms with E-state index < -0.39 is 0 Å². The normalized spacial score (nSPS) is 27.1. The number of ether oxygens (including phenoxy) is 2. The van der Waals surface area contributed by atoms with Gasteiger partial charge in [0.2, 0.25) is 0 Å². The first-order valence-electron chi connectivity index (χ1n) is 5.31. The van der Waals surface area contributed by atoms with Crippen molar-refractivity contribution in [3.05, 3.63) is 25.3 Å². The summed E-state index contributed by atoms with van der Waals surface area (Å²) in [6.45, 7) is 8.59. The molecule has 0 heterocycles. The first kappa shape index (κ1) is 11.5. The first-order valence-corrected chi connectivity index (χ1v) is 5.31. The fourth-order valence-electron chi connectivity index (χ4n) is 1.81. The van der Waals surface area contributed by atoms with Crippen molar-refractivity contribution in [2.75, 3.05) is 13.2 Å². The van der Waals surface area contributed by atoms with Gasteiger partial charge < -0.3 is 9.47 Å². The van der Waals surface area contributed by atoms with Crippen molar-refractivity contribution in [3.63, 3.8) is 0 Å². The predicted octanol–water partition coefficient (Wildman–Crippen LogP) is 2.70. The third kappa shape index (κ3) is 4.07. The molecule has 0 saturated heterocycles. The molecule has 0 aromatic carbocycles. The summed E-state index contributed by atoms with van der Waals surface area (Å²) in [4.78, 5) is 0. The van der Waals surface area contributed by atoms with Gasteiger partial charge in [0.1, 0.15) is 0 Å². The molecular weight excluding hydrogens is 176 g/mol. The summed E-state index contributed by atoms with van der Waals surface area (Å²) in [7, 11) is 0. The van der Waals surface area contributed by atoms with Crippen molar-refractivity contribution >= 4 is 0 Å². The van der Waals surface area contributed by atoms with Gasteiger partial charge in [-0.2, -0.15) is 0 Å². The highest BCUT2D eigenvalue weighted by Gasteiger charge is 2.22. The molecule has 0 aromatic rings. The van der Waals surface area contributed by atoms with Crippen LogP contribution in [0.25, 0.3) is 0 Å². The molecule has 2 unspecified atom stereocenters. The van der Waals surface area contributed by atoms with Crippen molar-refractivity contribution in [2.45, 2.75) is 37.9 Å². The second-order valence-corrected chi connectivity index (χ2v) is 3.65. The second kappa shape index (κ2) is 6.80. The fourth-order valence-corrected chi connectivity index (χ4v) is 1.81. The standard InChI is InChI=1S/C12H20O2/c1-3-8-13-11-6-5-7-12(10-11)14-9-4-2/h3-4,11-12H,1-2,5-10H2. The third-order valence-corrected chi connectivity index (χ3v) is 2.48. The van der Waals surface area contributed by atoms with Crippen molar-refractivity contribution in [1.29, 1.82) is 0 Å². The molecule has 0 N–H and O–H groups in total. The summed E-state index contributed by atoms with van der Waals surface area (Å²) < 4.78 is 11.2. The Labute approximate surface area is 86.6 Å². The maximum Gasteiger partial charge on any atom is 0.0648 e. The predicted molar refractivity (Wildman–Crippen MR) is 58.3 cm³/mol. The summed E-state index contributed by atoms with van der Waals surface area (Å²) in [6, 6.07) is 0. The number of hydrogen-bond acceptors (Lipinski definition) is 2. The molecule has 2 heteroatoms.